The minimum atomic E-state index is -4.49. The molecule has 6 nitrogen and oxygen atoms in total. The number of rotatable bonds is 6. The number of halogens is 3. The molecule has 32 heavy (non-hydrogen) atoms. The van der Waals surface area contributed by atoms with E-state index in [2.05, 4.69) is 5.32 Å². The van der Waals surface area contributed by atoms with Crippen molar-refractivity contribution in [1.82, 2.24) is 9.62 Å². The second-order valence-corrected chi connectivity index (χ2v) is 10.1. The van der Waals surface area contributed by atoms with Crippen LogP contribution in [0.2, 0.25) is 0 Å². The maximum Gasteiger partial charge on any atom is 0.416 e. The van der Waals surface area contributed by atoms with Crippen LogP contribution in [0.4, 0.5) is 18.9 Å². The lowest BCUT2D eigenvalue weighted by molar-refractivity contribution is -0.137. The van der Waals surface area contributed by atoms with Crippen LogP contribution in [-0.2, 0) is 16.2 Å². The Labute approximate surface area is 186 Å². The van der Waals surface area contributed by atoms with Crippen molar-refractivity contribution in [1.29, 1.82) is 0 Å². The summed E-state index contributed by atoms with van der Waals surface area (Å²) in [6.45, 7) is 3.07. The lowest BCUT2D eigenvalue weighted by Crippen LogP contribution is -2.30. The fourth-order valence-electron chi connectivity index (χ4n) is 3.64. The molecule has 1 saturated heterocycles. The number of alkyl halides is 3. The maximum atomic E-state index is 13.2. The van der Waals surface area contributed by atoms with E-state index in [0.717, 1.165) is 42.4 Å². The molecular formula is C22H26F3N3O3S. The molecule has 174 valence electrons. The van der Waals surface area contributed by atoms with Crippen LogP contribution < -0.4 is 10.2 Å². The third-order valence-corrected chi connectivity index (χ3v) is 7.31. The second kappa shape index (κ2) is 9.11. The van der Waals surface area contributed by atoms with Crippen LogP contribution in [0.25, 0.3) is 0 Å². The van der Waals surface area contributed by atoms with Gasteiger partial charge in [0.15, 0.2) is 0 Å². The first-order chi connectivity index (χ1) is 14.9. The van der Waals surface area contributed by atoms with Gasteiger partial charge in [-0.25, -0.2) is 12.7 Å². The maximum absolute atomic E-state index is 13.2. The number of hydrogen-bond donors (Lipinski definition) is 1. The molecule has 2 aromatic carbocycles. The Hall–Kier alpha value is -2.59. The molecule has 1 atom stereocenters. The number of anilines is 1. The summed E-state index contributed by atoms with van der Waals surface area (Å²) >= 11 is 0. The molecule has 0 aromatic heterocycles. The van der Waals surface area contributed by atoms with E-state index in [1.54, 1.807) is 13.0 Å². The molecule has 1 fully saturated rings. The normalized spacial score (nSPS) is 15.8. The van der Waals surface area contributed by atoms with Gasteiger partial charge in [-0.2, -0.15) is 13.2 Å². The highest BCUT2D eigenvalue weighted by molar-refractivity contribution is 7.89. The van der Waals surface area contributed by atoms with E-state index in [1.807, 2.05) is 4.90 Å². The fraction of sp³-hybridized carbons (Fsp3) is 0.409. The first kappa shape index (κ1) is 24.1. The van der Waals surface area contributed by atoms with Crippen molar-refractivity contribution in [3.63, 3.8) is 0 Å². The number of amides is 1. The molecule has 1 unspecified atom stereocenters. The predicted octanol–water partition coefficient (Wildman–Crippen LogP) is 4.05. The fourth-order valence-corrected chi connectivity index (χ4v) is 4.57. The summed E-state index contributed by atoms with van der Waals surface area (Å²) in [5.41, 5.74) is 0.281. The summed E-state index contributed by atoms with van der Waals surface area (Å²) < 4.78 is 65.4. The van der Waals surface area contributed by atoms with Crippen molar-refractivity contribution in [3.05, 3.63) is 59.2 Å². The van der Waals surface area contributed by atoms with E-state index in [4.69, 9.17) is 0 Å². The molecule has 1 aliphatic heterocycles. The van der Waals surface area contributed by atoms with Gasteiger partial charge in [0.05, 0.1) is 22.1 Å². The van der Waals surface area contributed by atoms with Crippen LogP contribution in [0, 0.1) is 0 Å². The number of hydrogen-bond acceptors (Lipinski definition) is 4. The van der Waals surface area contributed by atoms with Gasteiger partial charge in [-0.3, -0.25) is 4.79 Å². The van der Waals surface area contributed by atoms with Gasteiger partial charge in [-0.1, -0.05) is 12.1 Å². The van der Waals surface area contributed by atoms with Crippen molar-refractivity contribution in [2.45, 2.75) is 36.9 Å². The Morgan fingerprint density at radius 2 is 1.75 bits per heavy atom. The van der Waals surface area contributed by atoms with Crippen LogP contribution in [0.15, 0.2) is 47.4 Å². The van der Waals surface area contributed by atoms with Crippen LogP contribution in [0.3, 0.4) is 0 Å². The van der Waals surface area contributed by atoms with Crippen molar-refractivity contribution >= 4 is 21.6 Å². The molecule has 3 rings (SSSR count). The monoisotopic (exact) mass is 469 g/mol. The number of nitrogens with zero attached hydrogens (tertiary/aromatic N) is 2. The van der Waals surface area contributed by atoms with Gasteiger partial charge in [0.1, 0.15) is 0 Å². The summed E-state index contributed by atoms with van der Waals surface area (Å²) in [5.74, 6) is -0.549. The van der Waals surface area contributed by atoms with E-state index < -0.39 is 33.7 Å². The first-order valence-electron chi connectivity index (χ1n) is 10.2. The van der Waals surface area contributed by atoms with Gasteiger partial charge in [0.25, 0.3) is 5.91 Å². The smallest absolute Gasteiger partial charge is 0.371 e. The third kappa shape index (κ3) is 5.07. The lowest BCUT2D eigenvalue weighted by atomic mass is 10.0. The van der Waals surface area contributed by atoms with Gasteiger partial charge in [-0.05, 0) is 55.7 Å². The summed E-state index contributed by atoms with van der Waals surface area (Å²) in [6, 6.07) is 8.47. The standard InChI is InChI=1S/C22H26F3N3O3S/c1-15(16-7-6-8-17(13-16)22(23,24)25)26-21(29)19-14-18(32(30,31)27(2)3)9-10-20(19)28-11-4-5-12-28/h6-10,13-15H,4-5,11-12H2,1-3H3,(H,26,29). The summed E-state index contributed by atoms with van der Waals surface area (Å²) in [4.78, 5) is 15.2. The van der Waals surface area contributed by atoms with Gasteiger partial charge in [0.2, 0.25) is 10.0 Å². The second-order valence-electron chi connectivity index (χ2n) is 7.98. The highest BCUT2D eigenvalue weighted by Gasteiger charge is 2.31. The SMILES string of the molecule is CC(NC(=O)c1cc(S(=O)(=O)N(C)C)ccc1N1CCCC1)c1cccc(C(F)(F)F)c1. The molecule has 1 heterocycles. The topological polar surface area (TPSA) is 69.7 Å². The number of carbonyl (C=O) groups is 1. The van der Waals surface area contributed by atoms with Crippen molar-refractivity contribution in [2.24, 2.45) is 0 Å². The molecule has 1 N–H and O–H groups in total. The Morgan fingerprint density at radius 1 is 1.09 bits per heavy atom. The van der Waals surface area contributed by atoms with E-state index >= 15 is 0 Å². The minimum absolute atomic E-state index is 0.0256. The van der Waals surface area contributed by atoms with Crippen LogP contribution in [-0.4, -0.2) is 45.8 Å². The zero-order valence-electron chi connectivity index (χ0n) is 18.1. The van der Waals surface area contributed by atoms with Gasteiger partial charge >= 0.3 is 6.18 Å². The highest BCUT2D eigenvalue weighted by Crippen LogP contribution is 2.32. The Balaban J connectivity index is 1.95. The average Bonchev–Trinajstić information content (AvgIpc) is 3.27. The Morgan fingerprint density at radius 3 is 2.34 bits per heavy atom. The van der Waals surface area contributed by atoms with E-state index in [-0.39, 0.29) is 10.5 Å². The van der Waals surface area contributed by atoms with E-state index in [0.29, 0.717) is 11.3 Å². The summed E-state index contributed by atoms with van der Waals surface area (Å²) in [7, 11) is -0.962. The molecular weight excluding hydrogens is 443 g/mol. The summed E-state index contributed by atoms with van der Waals surface area (Å²) in [6.07, 6.45) is -2.57. The van der Waals surface area contributed by atoms with Crippen LogP contribution in [0.5, 0.6) is 0 Å². The zero-order valence-corrected chi connectivity index (χ0v) is 18.9. The predicted molar refractivity (Wildman–Crippen MR) is 116 cm³/mol. The number of nitrogens with one attached hydrogen (secondary N) is 1. The van der Waals surface area contributed by atoms with Gasteiger partial charge < -0.3 is 10.2 Å². The Bertz CT molecular complexity index is 1100. The molecule has 0 radical (unpaired) electrons. The minimum Gasteiger partial charge on any atom is -0.371 e. The quantitative estimate of drug-likeness (QED) is 0.693. The van der Waals surface area contributed by atoms with Crippen LogP contribution in [0.1, 0.15) is 47.3 Å². The molecule has 10 heteroatoms. The summed E-state index contributed by atoms with van der Waals surface area (Å²) in [5, 5.41) is 2.72. The Kier molecular flexibility index (Phi) is 6.85. The average molecular weight is 470 g/mol. The molecule has 1 aliphatic rings. The molecule has 0 saturated carbocycles. The highest BCUT2D eigenvalue weighted by atomic mass is 32.2. The largest absolute Gasteiger partial charge is 0.416 e. The van der Waals surface area contributed by atoms with Crippen LogP contribution >= 0.6 is 0 Å². The molecule has 0 spiro atoms. The molecule has 1 amide bonds. The van der Waals surface area contributed by atoms with Crippen molar-refractivity contribution < 1.29 is 26.4 Å². The van der Waals surface area contributed by atoms with Crippen molar-refractivity contribution in [3.8, 4) is 0 Å². The van der Waals surface area contributed by atoms with Gasteiger partial charge in [-0.15, -0.1) is 0 Å². The van der Waals surface area contributed by atoms with Crippen molar-refractivity contribution in [2.75, 3.05) is 32.1 Å². The lowest BCUT2D eigenvalue weighted by Gasteiger charge is -2.23. The van der Waals surface area contributed by atoms with E-state index in [1.165, 1.54) is 38.4 Å². The molecule has 0 aliphatic carbocycles. The zero-order chi connectivity index (χ0) is 23.7. The number of sulfonamides is 1. The van der Waals surface area contributed by atoms with E-state index in [9.17, 15) is 26.4 Å². The first-order valence-corrected chi connectivity index (χ1v) is 11.6. The third-order valence-electron chi connectivity index (χ3n) is 5.50. The van der Waals surface area contributed by atoms with Gasteiger partial charge in [0, 0.05) is 32.9 Å². The number of carbonyl (C=O) groups excluding carboxylic acids is 1. The number of benzene rings is 2. The molecule has 2 aromatic rings. The molecule has 0 bridgehead atoms.